The van der Waals surface area contributed by atoms with Gasteiger partial charge >= 0.3 is 0 Å². The zero-order valence-electron chi connectivity index (χ0n) is 11.9. The van der Waals surface area contributed by atoms with E-state index < -0.39 is 0 Å². The molecule has 4 nitrogen and oxygen atoms in total. The number of aliphatic hydroxyl groups is 1. The minimum atomic E-state index is 0.254. The molecule has 1 aliphatic heterocycles. The fourth-order valence-corrected chi connectivity index (χ4v) is 2.55. The van der Waals surface area contributed by atoms with Crippen LogP contribution in [0.1, 0.15) is 26.7 Å². The second kappa shape index (κ2) is 6.87. The Labute approximate surface area is 115 Å². The molecule has 1 aromatic rings. The van der Waals surface area contributed by atoms with Crippen molar-refractivity contribution in [3.8, 4) is 0 Å². The van der Waals surface area contributed by atoms with E-state index in [9.17, 15) is 5.11 Å². The van der Waals surface area contributed by atoms with Gasteiger partial charge in [0.05, 0.1) is 0 Å². The molecule has 1 fully saturated rings. The van der Waals surface area contributed by atoms with Crippen molar-refractivity contribution in [3.05, 3.63) is 24.5 Å². The molecule has 0 amide bonds. The SMILES string of the molecule is CC(CO)C(C)NC1CCN(c2ccncc2)CC1. The maximum atomic E-state index is 9.17. The lowest BCUT2D eigenvalue weighted by molar-refractivity contribution is 0.196. The van der Waals surface area contributed by atoms with E-state index in [2.05, 4.69) is 41.2 Å². The van der Waals surface area contributed by atoms with Crippen LogP contribution in [0, 0.1) is 5.92 Å². The van der Waals surface area contributed by atoms with E-state index in [-0.39, 0.29) is 6.61 Å². The van der Waals surface area contributed by atoms with Gasteiger partial charge in [-0.15, -0.1) is 0 Å². The number of hydrogen-bond acceptors (Lipinski definition) is 4. The van der Waals surface area contributed by atoms with Crippen LogP contribution in [0.3, 0.4) is 0 Å². The first-order valence-electron chi connectivity index (χ1n) is 7.22. The zero-order valence-corrected chi connectivity index (χ0v) is 11.9. The predicted octanol–water partition coefficient (Wildman–Crippen LogP) is 1.66. The topological polar surface area (TPSA) is 48.4 Å². The van der Waals surface area contributed by atoms with E-state index in [0.29, 0.717) is 18.0 Å². The molecule has 2 atom stereocenters. The quantitative estimate of drug-likeness (QED) is 0.848. The predicted molar refractivity (Wildman–Crippen MR) is 78.3 cm³/mol. The fraction of sp³-hybridized carbons (Fsp3) is 0.667. The first-order valence-corrected chi connectivity index (χ1v) is 7.22. The lowest BCUT2D eigenvalue weighted by atomic mass is 9.99. The maximum Gasteiger partial charge on any atom is 0.0471 e. The Hall–Kier alpha value is -1.13. The molecule has 2 unspecified atom stereocenters. The summed E-state index contributed by atoms with van der Waals surface area (Å²) >= 11 is 0. The average Bonchev–Trinajstić information content (AvgIpc) is 2.48. The number of pyridine rings is 1. The number of nitrogens with one attached hydrogen (secondary N) is 1. The Balaban J connectivity index is 1.80. The molecule has 1 aromatic heterocycles. The number of piperidine rings is 1. The van der Waals surface area contributed by atoms with Crippen molar-refractivity contribution in [2.24, 2.45) is 5.92 Å². The third-order valence-corrected chi connectivity index (χ3v) is 4.16. The van der Waals surface area contributed by atoms with Gasteiger partial charge in [0, 0.05) is 49.9 Å². The maximum absolute atomic E-state index is 9.17. The van der Waals surface area contributed by atoms with Crippen LogP contribution in [0.4, 0.5) is 5.69 Å². The molecule has 1 aliphatic rings. The molecule has 106 valence electrons. The van der Waals surface area contributed by atoms with Gasteiger partial charge in [-0.25, -0.2) is 0 Å². The van der Waals surface area contributed by atoms with Crippen LogP contribution in [-0.2, 0) is 0 Å². The van der Waals surface area contributed by atoms with Crippen molar-refractivity contribution in [3.63, 3.8) is 0 Å². The second-order valence-corrected chi connectivity index (χ2v) is 5.58. The summed E-state index contributed by atoms with van der Waals surface area (Å²) in [5, 5.41) is 12.8. The second-order valence-electron chi connectivity index (χ2n) is 5.58. The number of anilines is 1. The van der Waals surface area contributed by atoms with Crippen molar-refractivity contribution >= 4 is 5.69 Å². The van der Waals surface area contributed by atoms with E-state index in [1.807, 2.05) is 12.4 Å². The first-order chi connectivity index (χ1) is 9.20. The van der Waals surface area contributed by atoms with Gasteiger partial charge in [-0.05, 0) is 37.8 Å². The van der Waals surface area contributed by atoms with Crippen molar-refractivity contribution < 1.29 is 5.11 Å². The van der Waals surface area contributed by atoms with Gasteiger partial charge in [-0.3, -0.25) is 4.98 Å². The summed E-state index contributed by atoms with van der Waals surface area (Å²) in [4.78, 5) is 6.48. The highest BCUT2D eigenvalue weighted by Gasteiger charge is 2.22. The molecule has 2 heterocycles. The van der Waals surface area contributed by atoms with Gasteiger partial charge < -0.3 is 15.3 Å². The molecule has 4 heteroatoms. The van der Waals surface area contributed by atoms with E-state index in [1.165, 1.54) is 5.69 Å². The molecule has 0 spiro atoms. The number of aromatic nitrogens is 1. The Morgan fingerprint density at radius 2 is 1.95 bits per heavy atom. The molecule has 1 saturated heterocycles. The Kier molecular flexibility index (Phi) is 5.16. The highest BCUT2D eigenvalue weighted by Crippen LogP contribution is 2.19. The summed E-state index contributed by atoms with van der Waals surface area (Å²) in [6.07, 6.45) is 6.02. The minimum absolute atomic E-state index is 0.254. The van der Waals surface area contributed by atoms with Crippen LogP contribution in [-0.4, -0.2) is 41.9 Å². The van der Waals surface area contributed by atoms with Crippen LogP contribution in [0.2, 0.25) is 0 Å². The summed E-state index contributed by atoms with van der Waals surface area (Å²) in [7, 11) is 0. The summed E-state index contributed by atoms with van der Waals surface area (Å²) in [6, 6.07) is 5.10. The smallest absolute Gasteiger partial charge is 0.0471 e. The van der Waals surface area contributed by atoms with Crippen LogP contribution in [0.15, 0.2) is 24.5 Å². The Morgan fingerprint density at radius 1 is 1.32 bits per heavy atom. The first kappa shape index (κ1) is 14.3. The summed E-state index contributed by atoms with van der Waals surface area (Å²) in [5.41, 5.74) is 1.27. The van der Waals surface area contributed by atoms with Crippen LogP contribution < -0.4 is 10.2 Å². The fourth-order valence-electron chi connectivity index (χ4n) is 2.55. The van der Waals surface area contributed by atoms with Crippen molar-refractivity contribution in [1.29, 1.82) is 0 Å². The van der Waals surface area contributed by atoms with Crippen LogP contribution >= 0.6 is 0 Å². The van der Waals surface area contributed by atoms with Crippen molar-refractivity contribution in [1.82, 2.24) is 10.3 Å². The van der Waals surface area contributed by atoms with Gasteiger partial charge in [-0.2, -0.15) is 0 Å². The Morgan fingerprint density at radius 3 is 2.53 bits per heavy atom. The summed E-state index contributed by atoms with van der Waals surface area (Å²) in [6.45, 7) is 6.67. The minimum Gasteiger partial charge on any atom is -0.396 e. The zero-order chi connectivity index (χ0) is 13.7. The van der Waals surface area contributed by atoms with Gasteiger partial charge in [0.1, 0.15) is 0 Å². The number of hydrogen-bond donors (Lipinski definition) is 2. The molecule has 0 aromatic carbocycles. The largest absolute Gasteiger partial charge is 0.396 e. The van der Waals surface area contributed by atoms with Crippen molar-refractivity contribution in [2.45, 2.75) is 38.8 Å². The molecular weight excluding hydrogens is 238 g/mol. The summed E-state index contributed by atoms with van der Waals surface area (Å²) in [5.74, 6) is 0.318. The molecule has 2 N–H and O–H groups in total. The lowest BCUT2D eigenvalue weighted by Crippen LogP contribution is -2.47. The third-order valence-electron chi connectivity index (χ3n) is 4.16. The van der Waals surface area contributed by atoms with Gasteiger partial charge in [0.25, 0.3) is 0 Å². The number of nitrogens with zero attached hydrogens (tertiary/aromatic N) is 2. The average molecular weight is 263 g/mol. The van der Waals surface area contributed by atoms with Gasteiger partial charge in [0.2, 0.25) is 0 Å². The van der Waals surface area contributed by atoms with Crippen molar-refractivity contribution in [2.75, 3.05) is 24.6 Å². The van der Waals surface area contributed by atoms with Crippen LogP contribution in [0.25, 0.3) is 0 Å². The molecule has 0 bridgehead atoms. The van der Waals surface area contributed by atoms with Crippen LogP contribution in [0.5, 0.6) is 0 Å². The normalized spacial score (nSPS) is 20.3. The van der Waals surface area contributed by atoms with Gasteiger partial charge in [-0.1, -0.05) is 6.92 Å². The number of aliphatic hydroxyl groups excluding tert-OH is 1. The highest BCUT2D eigenvalue weighted by atomic mass is 16.3. The number of rotatable bonds is 5. The molecule has 19 heavy (non-hydrogen) atoms. The summed E-state index contributed by atoms with van der Waals surface area (Å²) < 4.78 is 0. The highest BCUT2D eigenvalue weighted by molar-refractivity contribution is 5.44. The molecule has 0 aliphatic carbocycles. The van der Waals surface area contributed by atoms with E-state index in [4.69, 9.17) is 0 Å². The van der Waals surface area contributed by atoms with Gasteiger partial charge in [0.15, 0.2) is 0 Å². The Bertz CT molecular complexity index is 363. The lowest BCUT2D eigenvalue weighted by Gasteiger charge is -2.36. The van der Waals surface area contributed by atoms with E-state index in [0.717, 1.165) is 25.9 Å². The monoisotopic (exact) mass is 263 g/mol. The molecular formula is C15H25N3O. The molecule has 0 radical (unpaired) electrons. The van der Waals surface area contributed by atoms with E-state index in [1.54, 1.807) is 0 Å². The van der Waals surface area contributed by atoms with E-state index >= 15 is 0 Å². The molecule has 2 rings (SSSR count). The third kappa shape index (κ3) is 3.91. The standard InChI is InChI=1S/C15H25N3O/c1-12(11-19)13(2)17-14-5-9-18(10-6-14)15-3-7-16-8-4-15/h3-4,7-8,12-14,17,19H,5-6,9-11H2,1-2H3. The molecule has 0 saturated carbocycles.